The van der Waals surface area contributed by atoms with Crippen LogP contribution in [0.15, 0.2) is 28.8 Å². The van der Waals surface area contributed by atoms with E-state index in [2.05, 4.69) is 34.2 Å². The molecule has 0 radical (unpaired) electrons. The van der Waals surface area contributed by atoms with Crippen LogP contribution in [0.5, 0.6) is 0 Å². The Hall–Kier alpha value is -1.67. The fourth-order valence-corrected chi connectivity index (χ4v) is 3.42. The third-order valence-corrected chi connectivity index (χ3v) is 5.21. The van der Waals surface area contributed by atoms with Crippen LogP contribution in [-0.4, -0.2) is 65.6 Å². The molecule has 0 spiro atoms. The Morgan fingerprint density at radius 1 is 1.14 bits per heavy atom. The second-order valence-electron chi connectivity index (χ2n) is 7.32. The lowest BCUT2D eigenvalue weighted by Crippen LogP contribution is -2.51. The van der Waals surface area contributed by atoms with Gasteiger partial charge in [-0.3, -0.25) is 9.69 Å². The van der Waals surface area contributed by atoms with Crippen LogP contribution in [0.3, 0.4) is 0 Å². The minimum Gasteiger partial charge on any atom is -0.340 e. The molecule has 1 aliphatic heterocycles. The lowest BCUT2D eigenvalue weighted by atomic mass is 10.1. The van der Waals surface area contributed by atoms with Crippen molar-refractivity contribution in [3.05, 3.63) is 35.7 Å². The summed E-state index contributed by atoms with van der Waals surface area (Å²) in [5, 5.41) is 7.20. The first-order valence-electron chi connectivity index (χ1n) is 9.57. The summed E-state index contributed by atoms with van der Waals surface area (Å²) in [5.74, 6) is 1.46. The van der Waals surface area contributed by atoms with Crippen molar-refractivity contribution >= 4 is 30.7 Å². The van der Waals surface area contributed by atoms with Crippen molar-refractivity contribution in [2.45, 2.75) is 26.8 Å². The zero-order chi connectivity index (χ0) is 19.4. The number of benzene rings is 1. The zero-order valence-electron chi connectivity index (χ0n) is 17.4. The number of aryl methyl sites for hydroxylation is 1. The van der Waals surface area contributed by atoms with E-state index < -0.39 is 0 Å². The van der Waals surface area contributed by atoms with Crippen molar-refractivity contribution in [1.82, 2.24) is 25.3 Å². The first-order chi connectivity index (χ1) is 13.0. The molecule has 1 aliphatic rings. The van der Waals surface area contributed by atoms with E-state index >= 15 is 0 Å². The maximum Gasteiger partial charge on any atom is 0.244 e. The molecule has 2 atom stereocenters. The highest BCUT2D eigenvalue weighted by Crippen LogP contribution is 2.24. The molecule has 0 saturated carbocycles. The molecule has 1 aromatic carbocycles. The molecule has 1 fully saturated rings. The van der Waals surface area contributed by atoms with E-state index in [9.17, 15) is 4.79 Å². The van der Waals surface area contributed by atoms with Crippen LogP contribution in [0, 0.1) is 12.8 Å². The Morgan fingerprint density at radius 3 is 2.34 bits per heavy atom. The van der Waals surface area contributed by atoms with E-state index in [0.717, 1.165) is 31.7 Å². The summed E-state index contributed by atoms with van der Waals surface area (Å²) >= 11 is 0. The second kappa shape index (κ2) is 11.5. The van der Waals surface area contributed by atoms with Crippen molar-refractivity contribution in [3.63, 3.8) is 0 Å². The van der Waals surface area contributed by atoms with E-state index in [1.807, 2.05) is 43.1 Å². The van der Waals surface area contributed by atoms with Crippen molar-refractivity contribution in [2.75, 3.05) is 39.8 Å². The second-order valence-corrected chi connectivity index (χ2v) is 7.32. The molecule has 2 unspecified atom stereocenters. The van der Waals surface area contributed by atoms with E-state index in [1.165, 1.54) is 5.56 Å². The molecule has 1 aromatic heterocycles. The molecule has 1 N–H and O–H groups in total. The number of piperazine rings is 1. The fraction of sp³-hybridized carbons (Fsp3) is 0.550. The molecule has 2 aromatic rings. The number of hydrogen-bond donors (Lipinski definition) is 1. The van der Waals surface area contributed by atoms with Gasteiger partial charge in [-0.15, -0.1) is 24.8 Å². The van der Waals surface area contributed by atoms with Crippen LogP contribution in [0.2, 0.25) is 0 Å². The summed E-state index contributed by atoms with van der Waals surface area (Å²) < 4.78 is 5.52. The molecule has 3 rings (SSSR count). The highest BCUT2D eigenvalue weighted by Gasteiger charge is 2.29. The molecule has 1 saturated heterocycles. The van der Waals surface area contributed by atoms with E-state index in [-0.39, 0.29) is 42.7 Å². The molecule has 2 heterocycles. The van der Waals surface area contributed by atoms with Crippen molar-refractivity contribution in [2.24, 2.45) is 5.92 Å². The average molecular weight is 444 g/mol. The average Bonchev–Trinajstić information content (AvgIpc) is 3.18. The van der Waals surface area contributed by atoms with Gasteiger partial charge in [-0.2, -0.15) is 4.98 Å². The van der Waals surface area contributed by atoms with Gasteiger partial charge in [-0.25, -0.2) is 0 Å². The molecule has 7 nitrogen and oxygen atoms in total. The number of nitrogens with one attached hydrogen (secondary N) is 1. The summed E-state index contributed by atoms with van der Waals surface area (Å²) in [6.45, 7) is 9.89. The number of nitrogens with zero attached hydrogens (tertiary/aromatic N) is 4. The van der Waals surface area contributed by atoms with Gasteiger partial charge in [0.15, 0.2) is 0 Å². The number of hydrogen-bond acceptors (Lipinski definition) is 6. The van der Waals surface area contributed by atoms with Crippen molar-refractivity contribution in [1.29, 1.82) is 0 Å². The summed E-state index contributed by atoms with van der Waals surface area (Å²) in [4.78, 5) is 21.3. The van der Waals surface area contributed by atoms with Crippen LogP contribution >= 0.6 is 24.8 Å². The van der Waals surface area contributed by atoms with Crippen LogP contribution in [0.4, 0.5) is 0 Å². The largest absolute Gasteiger partial charge is 0.340 e. The molecule has 29 heavy (non-hydrogen) atoms. The van der Waals surface area contributed by atoms with Crippen LogP contribution in [-0.2, 0) is 4.79 Å². The van der Waals surface area contributed by atoms with Crippen LogP contribution in [0.1, 0.15) is 31.3 Å². The third-order valence-electron chi connectivity index (χ3n) is 5.21. The van der Waals surface area contributed by atoms with Gasteiger partial charge < -0.3 is 14.7 Å². The summed E-state index contributed by atoms with van der Waals surface area (Å²) in [5.41, 5.74) is 2.16. The highest BCUT2D eigenvalue weighted by molar-refractivity contribution is 5.85. The molecule has 162 valence electrons. The number of carbonyl (C=O) groups excluding carboxylic acids is 1. The highest BCUT2D eigenvalue weighted by atomic mass is 35.5. The lowest BCUT2D eigenvalue weighted by molar-refractivity contribution is -0.137. The van der Waals surface area contributed by atoms with Gasteiger partial charge in [-0.05, 0) is 20.9 Å². The van der Waals surface area contributed by atoms with Gasteiger partial charge in [-0.1, -0.05) is 41.9 Å². The molecule has 0 bridgehead atoms. The van der Waals surface area contributed by atoms with Gasteiger partial charge >= 0.3 is 0 Å². The molecular formula is C20H31Cl2N5O2. The predicted molar refractivity (Wildman–Crippen MR) is 119 cm³/mol. The molecule has 9 heteroatoms. The van der Waals surface area contributed by atoms with Gasteiger partial charge in [0.25, 0.3) is 0 Å². The zero-order valence-corrected chi connectivity index (χ0v) is 19.1. The predicted octanol–water partition coefficient (Wildman–Crippen LogP) is 2.95. The van der Waals surface area contributed by atoms with Gasteiger partial charge in [0, 0.05) is 44.2 Å². The number of rotatable bonds is 6. The van der Waals surface area contributed by atoms with Gasteiger partial charge in [0.1, 0.15) is 0 Å². The number of aromatic nitrogens is 2. The minimum atomic E-state index is 0. The summed E-state index contributed by atoms with van der Waals surface area (Å²) in [6.07, 6.45) is 0. The third kappa shape index (κ3) is 6.15. The Balaban J connectivity index is 0.00000210. The standard InChI is InChI=1S/C20H29N5O2.2ClH/c1-14-5-7-17(8-6-14)18-22-19(27-23-18)16(3)24-9-11-25(12-10-24)20(26)15(2)13-21-4;;/h5-8,15-16,21H,9-13H2,1-4H3;2*1H. The SMILES string of the molecule is CNCC(C)C(=O)N1CCN(C(C)c2nc(-c3ccc(C)cc3)no2)CC1.Cl.Cl. The maximum atomic E-state index is 12.4. The normalized spacial score (nSPS) is 16.5. The first-order valence-corrected chi connectivity index (χ1v) is 9.57. The maximum absolute atomic E-state index is 12.4. The molecule has 1 amide bonds. The van der Waals surface area contributed by atoms with Crippen LogP contribution in [0.25, 0.3) is 11.4 Å². The van der Waals surface area contributed by atoms with E-state index in [4.69, 9.17) is 4.52 Å². The quantitative estimate of drug-likeness (QED) is 0.739. The Morgan fingerprint density at radius 2 is 1.76 bits per heavy atom. The minimum absolute atomic E-state index is 0. The molecular weight excluding hydrogens is 413 g/mol. The summed E-state index contributed by atoms with van der Waals surface area (Å²) in [7, 11) is 1.87. The number of carbonyl (C=O) groups is 1. The fourth-order valence-electron chi connectivity index (χ4n) is 3.42. The van der Waals surface area contributed by atoms with Gasteiger partial charge in [0.05, 0.1) is 6.04 Å². The van der Waals surface area contributed by atoms with E-state index in [0.29, 0.717) is 18.3 Å². The molecule has 0 aliphatic carbocycles. The topological polar surface area (TPSA) is 74.5 Å². The van der Waals surface area contributed by atoms with Gasteiger partial charge in [0.2, 0.25) is 17.6 Å². The van der Waals surface area contributed by atoms with Crippen LogP contribution < -0.4 is 5.32 Å². The first kappa shape index (κ1) is 25.4. The Labute approximate surface area is 185 Å². The monoisotopic (exact) mass is 443 g/mol. The smallest absolute Gasteiger partial charge is 0.244 e. The lowest BCUT2D eigenvalue weighted by Gasteiger charge is -2.37. The number of halogens is 2. The van der Waals surface area contributed by atoms with E-state index in [1.54, 1.807) is 0 Å². The van der Waals surface area contributed by atoms with Crippen molar-refractivity contribution in [3.8, 4) is 11.4 Å². The Bertz CT molecular complexity index is 760. The van der Waals surface area contributed by atoms with Crippen molar-refractivity contribution < 1.29 is 9.32 Å². The Kier molecular flexibility index (Phi) is 10.1. The number of amides is 1. The summed E-state index contributed by atoms with van der Waals surface area (Å²) in [6, 6.07) is 8.13.